The summed E-state index contributed by atoms with van der Waals surface area (Å²) in [5.41, 5.74) is 1.38. The van der Waals surface area contributed by atoms with E-state index in [1.165, 1.54) is 0 Å². The molecule has 0 amide bonds. The molecule has 2 aromatic heterocycles. The Hall–Kier alpha value is -1.91. The van der Waals surface area contributed by atoms with Crippen molar-refractivity contribution in [2.75, 3.05) is 0 Å². The number of nitrogens with zero attached hydrogens (tertiary/aromatic N) is 2. The first-order chi connectivity index (χ1) is 7.22. The molecule has 5 heteroatoms. The molecule has 0 atom stereocenters. The second-order valence-electron chi connectivity index (χ2n) is 3.28. The van der Waals surface area contributed by atoms with Crippen molar-refractivity contribution in [1.82, 2.24) is 19.9 Å². The van der Waals surface area contributed by atoms with Crippen LogP contribution in [0.2, 0.25) is 0 Å². The zero-order chi connectivity index (χ0) is 10.8. The molecule has 0 saturated carbocycles. The van der Waals surface area contributed by atoms with Gasteiger partial charge >= 0.3 is 0 Å². The van der Waals surface area contributed by atoms with Gasteiger partial charge in [-0.05, 0) is 13.3 Å². The fourth-order valence-electron chi connectivity index (χ4n) is 1.43. The molecule has 2 rings (SSSR count). The van der Waals surface area contributed by atoms with Gasteiger partial charge in [0.1, 0.15) is 0 Å². The van der Waals surface area contributed by atoms with Crippen molar-refractivity contribution in [3.05, 3.63) is 34.0 Å². The average molecular weight is 204 g/mol. The van der Waals surface area contributed by atoms with Crippen LogP contribution in [0.15, 0.2) is 17.2 Å². The van der Waals surface area contributed by atoms with Crippen LogP contribution in [-0.2, 0) is 6.42 Å². The maximum absolute atomic E-state index is 11.6. The van der Waals surface area contributed by atoms with Gasteiger partial charge in [-0.2, -0.15) is 0 Å². The first-order valence-corrected chi connectivity index (χ1v) is 4.82. The molecule has 78 valence electrons. The van der Waals surface area contributed by atoms with Gasteiger partial charge in [0.05, 0.1) is 5.69 Å². The van der Waals surface area contributed by atoms with Crippen molar-refractivity contribution in [2.45, 2.75) is 20.3 Å². The van der Waals surface area contributed by atoms with Gasteiger partial charge in [0.25, 0.3) is 5.56 Å². The van der Waals surface area contributed by atoms with E-state index in [0.717, 1.165) is 12.1 Å². The van der Waals surface area contributed by atoms with E-state index in [-0.39, 0.29) is 5.56 Å². The Morgan fingerprint density at radius 3 is 2.80 bits per heavy atom. The van der Waals surface area contributed by atoms with Crippen molar-refractivity contribution in [2.24, 2.45) is 0 Å². The molecule has 0 spiro atoms. The molecule has 5 nitrogen and oxygen atoms in total. The van der Waals surface area contributed by atoms with Gasteiger partial charge < -0.3 is 9.97 Å². The van der Waals surface area contributed by atoms with Crippen LogP contribution in [0.1, 0.15) is 18.2 Å². The number of hydrogen-bond acceptors (Lipinski definition) is 3. The molecule has 0 aliphatic carbocycles. The van der Waals surface area contributed by atoms with Crippen LogP contribution in [-0.4, -0.2) is 19.9 Å². The SMILES string of the molecule is CCc1nc(-c2ncc[nH]2)[nH]c(=O)c1C. The normalized spacial score (nSPS) is 10.5. The highest BCUT2D eigenvalue weighted by Crippen LogP contribution is 2.08. The number of aromatic amines is 2. The first kappa shape index (κ1) is 9.64. The highest BCUT2D eigenvalue weighted by molar-refractivity contribution is 5.43. The number of aryl methyl sites for hydroxylation is 1. The third-order valence-electron chi connectivity index (χ3n) is 2.31. The molecule has 0 aliphatic rings. The van der Waals surface area contributed by atoms with Gasteiger partial charge in [-0.1, -0.05) is 6.92 Å². The summed E-state index contributed by atoms with van der Waals surface area (Å²) in [6.45, 7) is 3.75. The predicted octanol–water partition coefficient (Wildman–Crippen LogP) is 1.03. The molecule has 0 unspecified atom stereocenters. The Morgan fingerprint density at radius 2 is 2.20 bits per heavy atom. The molecular formula is C10H12N4O. The smallest absolute Gasteiger partial charge is 0.254 e. The minimum atomic E-state index is -0.103. The molecule has 2 N–H and O–H groups in total. The van der Waals surface area contributed by atoms with Crippen molar-refractivity contribution in [3.8, 4) is 11.6 Å². The minimum absolute atomic E-state index is 0.103. The Morgan fingerprint density at radius 1 is 1.40 bits per heavy atom. The summed E-state index contributed by atoms with van der Waals surface area (Å²) >= 11 is 0. The molecule has 2 heterocycles. The summed E-state index contributed by atoms with van der Waals surface area (Å²) in [7, 11) is 0. The summed E-state index contributed by atoms with van der Waals surface area (Å²) < 4.78 is 0. The number of H-pyrrole nitrogens is 2. The van der Waals surface area contributed by atoms with Crippen molar-refractivity contribution in [1.29, 1.82) is 0 Å². The van der Waals surface area contributed by atoms with Crippen LogP contribution >= 0.6 is 0 Å². The molecular weight excluding hydrogens is 192 g/mol. The van der Waals surface area contributed by atoms with E-state index < -0.39 is 0 Å². The lowest BCUT2D eigenvalue weighted by Gasteiger charge is -2.03. The molecule has 0 aliphatic heterocycles. The van der Waals surface area contributed by atoms with Crippen LogP contribution in [0, 0.1) is 6.92 Å². The predicted molar refractivity (Wildman–Crippen MR) is 56.6 cm³/mol. The van der Waals surface area contributed by atoms with E-state index in [4.69, 9.17) is 0 Å². The molecule has 15 heavy (non-hydrogen) atoms. The van der Waals surface area contributed by atoms with Gasteiger partial charge in [-0.3, -0.25) is 4.79 Å². The van der Waals surface area contributed by atoms with Gasteiger partial charge in [0.15, 0.2) is 11.6 Å². The maximum Gasteiger partial charge on any atom is 0.254 e. The molecule has 0 radical (unpaired) electrons. The number of imidazole rings is 1. The third kappa shape index (κ3) is 1.68. The van der Waals surface area contributed by atoms with Gasteiger partial charge in [0.2, 0.25) is 0 Å². The zero-order valence-corrected chi connectivity index (χ0v) is 8.66. The van der Waals surface area contributed by atoms with Gasteiger partial charge in [-0.15, -0.1) is 0 Å². The Labute approximate surface area is 86.6 Å². The minimum Gasteiger partial charge on any atom is -0.342 e. The largest absolute Gasteiger partial charge is 0.342 e. The molecule has 0 fully saturated rings. The summed E-state index contributed by atoms with van der Waals surface area (Å²) in [6, 6.07) is 0. The lowest BCUT2D eigenvalue weighted by molar-refractivity contribution is 0.945. The topological polar surface area (TPSA) is 74.4 Å². The van der Waals surface area contributed by atoms with E-state index in [9.17, 15) is 4.79 Å². The lowest BCUT2D eigenvalue weighted by Crippen LogP contribution is -2.16. The molecule has 0 aromatic carbocycles. The summed E-state index contributed by atoms with van der Waals surface area (Å²) in [5, 5.41) is 0. The van der Waals surface area contributed by atoms with E-state index in [2.05, 4.69) is 19.9 Å². The fourth-order valence-corrected chi connectivity index (χ4v) is 1.43. The second-order valence-corrected chi connectivity index (χ2v) is 3.28. The highest BCUT2D eigenvalue weighted by Gasteiger charge is 2.08. The van der Waals surface area contributed by atoms with Crippen molar-refractivity contribution >= 4 is 0 Å². The van der Waals surface area contributed by atoms with Crippen LogP contribution in [0.5, 0.6) is 0 Å². The molecule has 0 saturated heterocycles. The highest BCUT2D eigenvalue weighted by atomic mass is 16.1. The van der Waals surface area contributed by atoms with Gasteiger partial charge in [-0.25, -0.2) is 9.97 Å². The summed E-state index contributed by atoms with van der Waals surface area (Å²) in [6.07, 6.45) is 4.06. The Kier molecular flexibility index (Phi) is 2.37. The standard InChI is InChI=1S/C10H12N4O/c1-3-7-6(2)10(15)14-9(13-7)8-11-4-5-12-8/h4-5H,3H2,1-2H3,(H,11,12)(H,13,14,15). The number of rotatable bonds is 2. The number of nitrogens with one attached hydrogen (secondary N) is 2. The van der Waals surface area contributed by atoms with Crippen LogP contribution in [0.4, 0.5) is 0 Å². The van der Waals surface area contributed by atoms with E-state index in [1.807, 2.05) is 6.92 Å². The first-order valence-electron chi connectivity index (χ1n) is 4.82. The van der Waals surface area contributed by atoms with E-state index >= 15 is 0 Å². The lowest BCUT2D eigenvalue weighted by atomic mass is 10.2. The van der Waals surface area contributed by atoms with Crippen LogP contribution < -0.4 is 5.56 Å². The van der Waals surface area contributed by atoms with Crippen LogP contribution in [0.25, 0.3) is 11.6 Å². The Bertz CT molecular complexity index is 513. The molecule has 0 bridgehead atoms. The Balaban J connectivity index is 2.61. The fraction of sp³-hybridized carbons (Fsp3) is 0.300. The summed E-state index contributed by atoms with van der Waals surface area (Å²) in [4.78, 5) is 25.6. The maximum atomic E-state index is 11.6. The van der Waals surface area contributed by atoms with Gasteiger partial charge in [0, 0.05) is 18.0 Å². The summed E-state index contributed by atoms with van der Waals surface area (Å²) in [5.74, 6) is 1.08. The monoisotopic (exact) mass is 204 g/mol. The van der Waals surface area contributed by atoms with E-state index in [0.29, 0.717) is 17.2 Å². The molecule has 2 aromatic rings. The average Bonchev–Trinajstić information content (AvgIpc) is 2.75. The third-order valence-corrected chi connectivity index (χ3v) is 2.31. The van der Waals surface area contributed by atoms with Crippen molar-refractivity contribution in [3.63, 3.8) is 0 Å². The quantitative estimate of drug-likeness (QED) is 0.767. The second kappa shape index (κ2) is 3.68. The van der Waals surface area contributed by atoms with Crippen LogP contribution in [0.3, 0.4) is 0 Å². The number of aromatic nitrogens is 4. The van der Waals surface area contributed by atoms with Crippen molar-refractivity contribution < 1.29 is 0 Å². The zero-order valence-electron chi connectivity index (χ0n) is 8.66. The van der Waals surface area contributed by atoms with E-state index in [1.54, 1.807) is 19.3 Å². The number of hydrogen-bond donors (Lipinski definition) is 2.